The molecule has 0 N–H and O–H groups in total. The standard InChI is InChI=1S/C22H24N2O4/c1-4-24(14-16-5-9-18(10-6-16)23(2)3)21(25)15-27-19-11-7-17-8-12-22(26)28-20(17)13-19/h5-13H,4,14-15H2,1-3H3. The summed E-state index contributed by atoms with van der Waals surface area (Å²) in [4.78, 5) is 27.7. The average Bonchev–Trinajstić information content (AvgIpc) is 2.70. The molecule has 1 amide bonds. The van der Waals surface area contributed by atoms with Gasteiger partial charge in [-0.05, 0) is 42.8 Å². The van der Waals surface area contributed by atoms with Gasteiger partial charge in [0.2, 0.25) is 0 Å². The van der Waals surface area contributed by atoms with Gasteiger partial charge in [-0.1, -0.05) is 12.1 Å². The van der Waals surface area contributed by atoms with Crippen molar-refractivity contribution in [1.29, 1.82) is 0 Å². The highest BCUT2D eigenvalue weighted by Crippen LogP contribution is 2.20. The van der Waals surface area contributed by atoms with Gasteiger partial charge in [0.25, 0.3) is 5.91 Å². The molecule has 3 rings (SSSR count). The largest absolute Gasteiger partial charge is 0.484 e. The first-order valence-corrected chi connectivity index (χ1v) is 9.17. The molecule has 0 spiro atoms. The van der Waals surface area contributed by atoms with Crippen molar-refractivity contribution in [3.05, 3.63) is 70.6 Å². The van der Waals surface area contributed by atoms with Crippen LogP contribution in [0.25, 0.3) is 11.0 Å². The second kappa shape index (κ2) is 8.61. The first kappa shape index (κ1) is 19.5. The van der Waals surface area contributed by atoms with E-state index in [0.717, 1.165) is 16.6 Å². The molecule has 1 aromatic heterocycles. The molecule has 2 aromatic carbocycles. The van der Waals surface area contributed by atoms with Gasteiger partial charge in [-0.3, -0.25) is 4.79 Å². The number of amides is 1. The predicted molar refractivity (Wildman–Crippen MR) is 110 cm³/mol. The third-order valence-electron chi connectivity index (χ3n) is 4.52. The van der Waals surface area contributed by atoms with Gasteiger partial charge in [0.1, 0.15) is 11.3 Å². The molecule has 0 bridgehead atoms. The van der Waals surface area contributed by atoms with Crippen molar-refractivity contribution in [3.63, 3.8) is 0 Å². The van der Waals surface area contributed by atoms with Crippen molar-refractivity contribution in [3.8, 4) is 5.75 Å². The summed E-state index contributed by atoms with van der Waals surface area (Å²) in [6.07, 6.45) is 0. The molecule has 146 valence electrons. The molecule has 0 aliphatic heterocycles. The van der Waals surface area contributed by atoms with Crippen molar-refractivity contribution < 1.29 is 13.9 Å². The van der Waals surface area contributed by atoms with Crippen LogP contribution < -0.4 is 15.3 Å². The summed E-state index contributed by atoms with van der Waals surface area (Å²) in [5, 5.41) is 0.801. The zero-order valence-electron chi connectivity index (χ0n) is 16.3. The van der Waals surface area contributed by atoms with Crippen LogP contribution in [0.5, 0.6) is 5.75 Å². The van der Waals surface area contributed by atoms with E-state index in [9.17, 15) is 9.59 Å². The smallest absolute Gasteiger partial charge is 0.336 e. The van der Waals surface area contributed by atoms with Gasteiger partial charge in [0.15, 0.2) is 6.61 Å². The summed E-state index contributed by atoms with van der Waals surface area (Å²) in [5.41, 5.74) is 2.20. The van der Waals surface area contributed by atoms with Gasteiger partial charge < -0.3 is 19.0 Å². The SMILES string of the molecule is CCN(Cc1ccc(N(C)C)cc1)C(=O)COc1ccc2ccc(=O)oc2c1. The van der Waals surface area contributed by atoms with Gasteiger partial charge in [-0.25, -0.2) is 4.79 Å². The molecule has 0 aliphatic carbocycles. The summed E-state index contributed by atoms with van der Waals surface area (Å²) in [6.45, 7) is 2.98. The molecule has 0 unspecified atom stereocenters. The molecule has 3 aromatic rings. The maximum atomic E-state index is 12.6. The summed E-state index contributed by atoms with van der Waals surface area (Å²) < 4.78 is 10.8. The number of benzene rings is 2. The first-order valence-electron chi connectivity index (χ1n) is 9.17. The predicted octanol–water partition coefficient (Wildman–Crippen LogP) is 3.29. The molecule has 0 saturated heterocycles. The zero-order chi connectivity index (χ0) is 20.1. The van der Waals surface area contributed by atoms with Crippen molar-refractivity contribution in [1.82, 2.24) is 4.90 Å². The Bertz CT molecular complexity index is 1010. The molecule has 1 heterocycles. The fraction of sp³-hybridized carbons (Fsp3) is 0.273. The van der Waals surface area contributed by atoms with Gasteiger partial charge in [0, 0.05) is 50.4 Å². The summed E-state index contributed by atoms with van der Waals surface area (Å²) in [6, 6.07) is 16.4. The normalized spacial score (nSPS) is 10.7. The van der Waals surface area contributed by atoms with E-state index in [-0.39, 0.29) is 12.5 Å². The highest BCUT2D eigenvalue weighted by atomic mass is 16.5. The summed E-state index contributed by atoms with van der Waals surface area (Å²) >= 11 is 0. The van der Waals surface area contributed by atoms with Crippen LogP contribution in [0.1, 0.15) is 12.5 Å². The number of fused-ring (bicyclic) bond motifs is 1. The lowest BCUT2D eigenvalue weighted by atomic mass is 10.2. The maximum absolute atomic E-state index is 12.6. The summed E-state index contributed by atoms with van der Waals surface area (Å²) in [7, 11) is 3.98. The Hall–Kier alpha value is -3.28. The number of nitrogens with zero attached hydrogens (tertiary/aromatic N) is 2. The number of anilines is 1. The number of carbonyl (C=O) groups is 1. The lowest BCUT2D eigenvalue weighted by Crippen LogP contribution is -2.34. The molecular weight excluding hydrogens is 356 g/mol. The molecule has 28 heavy (non-hydrogen) atoms. The lowest BCUT2D eigenvalue weighted by molar-refractivity contribution is -0.133. The first-order chi connectivity index (χ1) is 13.5. The molecule has 0 fully saturated rings. The van der Waals surface area contributed by atoms with E-state index in [2.05, 4.69) is 0 Å². The van der Waals surface area contributed by atoms with Crippen LogP contribution in [-0.4, -0.2) is 38.1 Å². The van der Waals surface area contributed by atoms with Crippen LogP contribution in [0.15, 0.2) is 63.8 Å². The second-order valence-corrected chi connectivity index (χ2v) is 6.71. The van der Waals surface area contributed by atoms with Crippen LogP contribution in [-0.2, 0) is 11.3 Å². The molecule has 0 atom stereocenters. The third kappa shape index (κ3) is 4.71. The fourth-order valence-corrected chi connectivity index (χ4v) is 2.86. The van der Waals surface area contributed by atoms with Crippen molar-refractivity contribution >= 4 is 22.6 Å². The fourth-order valence-electron chi connectivity index (χ4n) is 2.86. The Kier molecular flexibility index (Phi) is 5.99. The second-order valence-electron chi connectivity index (χ2n) is 6.71. The van der Waals surface area contributed by atoms with Gasteiger partial charge in [0.05, 0.1) is 0 Å². The average molecular weight is 380 g/mol. The summed E-state index contributed by atoms with van der Waals surface area (Å²) in [5.74, 6) is 0.385. The highest BCUT2D eigenvalue weighted by Gasteiger charge is 2.13. The van der Waals surface area contributed by atoms with Gasteiger partial charge >= 0.3 is 5.63 Å². The zero-order valence-corrected chi connectivity index (χ0v) is 16.3. The molecule has 0 radical (unpaired) electrons. The van der Waals surface area contributed by atoms with Crippen molar-refractivity contribution in [2.24, 2.45) is 0 Å². The van der Waals surface area contributed by atoms with E-state index >= 15 is 0 Å². The number of carbonyl (C=O) groups excluding carboxylic acids is 1. The van der Waals surface area contributed by atoms with Crippen molar-refractivity contribution in [2.45, 2.75) is 13.5 Å². The van der Waals surface area contributed by atoms with E-state index in [4.69, 9.17) is 9.15 Å². The highest BCUT2D eigenvalue weighted by molar-refractivity contribution is 5.79. The molecule has 6 nitrogen and oxygen atoms in total. The van der Waals surface area contributed by atoms with Crippen LogP contribution in [0.4, 0.5) is 5.69 Å². The Balaban J connectivity index is 1.62. The number of hydrogen-bond acceptors (Lipinski definition) is 5. The monoisotopic (exact) mass is 380 g/mol. The van der Waals surface area contributed by atoms with Crippen molar-refractivity contribution in [2.75, 3.05) is 32.1 Å². The van der Waals surface area contributed by atoms with E-state index < -0.39 is 5.63 Å². The minimum atomic E-state index is -0.418. The maximum Gasteiger partial charge on any atom is 0.336 e. The number of hydrogen-bond donors (Lipinski definition) is 0. The quantitative estimate of drug-likeness (QED) is 0.589. The lowest BCUT2D eigenvalue weighted by Gasteiger charge is -2.21. The van der Waals surface area contributed by atoms with E-state index in [1.807, 2.05) is 50.2 Å². The van der Waals surface area contributed by atoms with Crippen LogP contribution in [0, 0.1) is 0 Å². The topological polar surface area (TPSA) is 63.0 Å². The van der Waals surface area contributed by atoms with Crippen LogP contribution >= 0.6 is 0 Å². The Morgan fingerprint density at radius 3 is 2.43 bits per heavy atom. The number of rotatable bonds is 7. The molecular formula is C22H24N2O4. The third-order valence-corrected chi connectivity index (χ3v) is 4.52. The minimum absolute atomic E-state index is 0.0772. The van der Waals surface area contributed by atoms with Gasteiger partial charge in [-0.2, -0.15) is 0 Å². The minimum Gasteiger partial charge on any atom is -0.484 e. The van der Waals surface area contributed by atoms with E-state index in [1.54, 1.807) is 29.2 Å². The molecule has 0 saturated carbocycles. The van der Waals surface area contributed by atoms with Crippen LogP contribution in [0.3, 0.4) is 0 Å². The Morgan fingerprint density at radius 1 is 1.04 bits per heavy atom. The number of ether oxygens (including phenoxy) is 1. The Morgan fingerprint density at radius 2 is 1.75 bits per heavy atom. The van der Waals surface area contributed by atoms with E-state index in [0.29, 0.717) is 24.4 Å². The van der Waals surface area contributed by atoms with Gasteiger partial charge in [-0.15, -0.1) is 0 Å². The van der Waals surface area contributed by atoms with E-state index in [1.165, 1.54) is 6.07 Å². The molecule has 0 aliphatic rings. The Labute approximate surface area is 163 Å². The van der Waals surface area contributed by atoms with Crippen LogP contribution in [0.2, 0.25) is 0 Å². The number of likely N-dealkylation sites (N-methyl/N-ethyl adjacent to an activating group) is 1. The molecule has 6 heteroatoms.